The number of carbonyl (C=O) groups excluding carboxylic acids is 2. The Morgan fingerprint density at radius 1 is 1.00 bits per heavy atom. The molecule has 1 aromatic carbocycles. The molecule has 3 unspecified atom stereocenters. The van der Waals surface area contributed by atoms with Crippen molar-refractivity contribution in [2.45, 2.75) is 25.2 Å². The Hall–Kier alpha value is -1.95. The van der Waals surface area contributed by atoms with Crippen molar-refractivity contribution >= 4 is 11.8 Å². The molecule has 2 aliphatic heterocycles. The number of hydrogen-bond acceptors (Lipinski definition) is 3. The largest absolute Gasteiger partial charge is 0.378 e. The Morgan fingerprint density at radius 2 is 1.73 bits per heavy atom. The van der Waals surface area contributed by atoms with Crippen LogP contribution in [-0.4, -0.2) is 61.0 Å². The number of nitrogens with zero attached hydrogens (tertiary/aromatic N) is 2. The van der Waals surface area contributed by atoms with Gasteiger partial charge in [-0.3, -0.25) is 9.59 Å². The summed E-state index contributed by atoms with van der Waals surface area (Å²) in [5.74, 6) is 0.151. The second-order valence-electron chi connectivity index (χ2n) is 7.56. The van der Waals surface area contributed by atoms with Gasteiger partial charge in [0.25, 0.3) is 0 Å². The van der Waals surface area contributed by atoms with Crippen LogP contribution in [0.4, 0.5) is 4.39 Å². The zero-order valence-electron chi connectivity index (χ0n) is 14.9. The van der Waals surface area contributed by atoms with Gasteiger partial charge in [0.2, 0.25) is 11.8 Å². The van der Waals surface area contributed by atoms with Crippen molar-refractivity contribution in [3.8, 4) is 0 Å². The summed E-state index contributed by atoms with van der Waals surface area (Å²) >= 11 is 0. The Bertz CT molecular complexity index is 672. The molecule has 2 amide bonds. The molecule has 1 aliphatic carbocycles. The zero-order valence-corrected chi connectivity index (χ0v) is 14.9. The Kier molecular flexibility index (Phi) is 4.94. The van der Waals surface area contributed by atoms with Gasteiger partial charge in [-0.05, 0) is 42.9 Å². The zero-order chi connectivity index (χ0) is 18.1. The van der Waals surface area contributed by atoms with Gasteiger partial charge in [-0.25, -0.2) is 4.39 Å². The number of morpholine rings is 1. The van der Waals surface area contributed by atoms with Crippen molar-refractivity contribution in [3.63, 3.8) is 0 Å². The maximum absolute atomic E-state index is 13.1. The summed E-state index contributed by atoms with van der Waals surface area (Å²) in [6.07, 6.45) is 2.55. The standard InChI is InChI=1S/C20H25FN2O3/c21-16-5-3-14(4-6-16)17-12-18(17)20(25)23-7-1-2-15(13-23)19(24)22-8-10-26-11-9-22/h3-6,15,17-18H,1-2,7-13H2. The minimum Gasteiger partial charge on any atom is -0.378 e. The molecule has 0 N–H and O–H groups in total. The number of amides is 2. The van der Waals surface area contributed by atoms with Gasteiger partial charge in [0.05, 0.1) is 19.1 Å². The van der Waals surface area contributed by atoms with E-state index in [0.717, 1.165) is 31.4 Å². The molecule has 0 bridgehead atoms. The predicted octanol–water partition coefficient (Wildman–Crippen LogP) is 2.03. The van der Waals surface area contributed by atoms with Crippen LogP contribution in [0.2, 0.25) is 0 Å². The fourth-order valence-electron chi connectivity index (χ4n) is 4.20. The van der Waals surface area contributed by atoms with Crippen molar-refractivity contribution in [2.75, 3.05) is 39.4 Å². The summed E-state index contributed by atoms with van der Waals surface area (Å²) in [7, 11) is 0. The number of benzene rings is 1. The van der Waals surface area contributed by atoms with E-state index < -0.39 is 0 Å². The van der Waals surface area contributed by atoms with Crippen LogP contribution in [0.5, 0.6) is 0 Å². The maximum Gasteiger partial charge on any atom is 0.227 e. The lowest BCUT2D eigenvalue weighted by Gasteiger charge is -2.36. The quantitative estimate of drug-likeness (QED) is 0.829. The third kappa shape index (κ3) is 3.61. The fourth-order valence-corrected chi connectivity index (χ4v) is 4.20. The highest BCUT2D eigenvalue weighted by Crippen LogP contribution is 2.48. The SMILES string of the molecule is O=C(C1CCCN(C(=O)C2CC2c2ccc(F)cc2)C1)N1CCOCC1. The van der Waals surface area contributed by atoms with Crippen molar-refractivity contribution in [2.24, 2.45) is 11.8 Å². The lowest BCUT2D eigenvalue weighted by molar-refractivity contribution is -0.144. The lowest BCUT2D eigenvalue weighted by Crippen LogP contribution is -2.49. The Labute approximate surface area is 153 Å². The lowest BCUT2D eigenvalue weighted by atomic mass is 9.95. The molecule has 5 nitrogen and oxygen atoms in total. The molecule has 0 radical (unpaired) electrons. The van der Waals surface area contributed by atoms with Crippen LogP contribution in [0.3, 0.4) is 0 Å². The summed E-state index contributed by atoms with van der Waals surface area (Å²) in [4.78, 5) is 29.3. The molecule has 26 heavy (non-hydrogen) atoms. The minimum atomic E-state index is -0.252. The minimum absolute atomic E-state index is 0.0160. The predicted molar refractivity (Wildman–Crippen MR) is 94.0 cm³/mol. The molecule has 0 spiro atoms. The second-order valence-corrected chi connectivity index (χ2v) is 7.56. The van der Waals surface area contributed by atoms with Crippen molar-refractivity contribution in [3.05, 3.63) is 35.6 Å². The first kappa shape index (κ1) is 17.5. The first-order valence-corrected chi connectivity index (χ1v) is 9.54. The number of hydrogen-bond donors (Lipinski definition) is 0. The van der Waals surface area contributed by atoms with Gasteiger partial charge in [-0.2, -0.15) is 0 Å². The van der Waals surface area contributed by atoms with Gasteiger partial charge in [-0.1, -0.05) is 12.1 Å². The van der Waals surface area contributed by atoms with E-state index in [1.807, 2.05) is 9.80 Å². The van der Waals surface area contributed by atoms with Crippen LogP contribution >= 0.6 is 0 Å². The van der Waals surface area contributed by atoms with Gasteiger partial charge >= 0.3 is 0 Å². The van der Waals surface area contributed by atoms with Crippen LogP contribution in [-0.2, 0) is 14.3 Å². The molecule has 3 fully saturated rings. The highest BCUT2D eigenvalue weighted by molar-refractivity contribution is 5.85. The van der Waals surface area contributed by atoms with Crippen molar-refractivity contribution in [1.82, 2.24) is 9.80 Å². The number of carbonyl (C=O) groups is 2. The second kappa shape index (κ2) is 7.35. The van der Waals surface area contributed by atoms with E-state index in [9.17, 15) is 14.0 Å². The average Bonchev–Trinajstić information content (AvgIpc) is 3.49. The molecule has 140 valence electrons. The van der Waals surface area contributed by atoms with E-state index in [2.05, 4.69) is 0 Å². The van der Waals surface area contributed by atoms with Gasteiger partial charge in [-0.15, -0.1) is 0 Å². The van der Waals surface area contributed by atoms with Crippen LogP contribution in [0.15, 0.2) is 24.3 Å². The average molecular weight is 360 g/mol. The molecule has 4 rings (SSSR count). The highest BCUT2D eigenvalue weighted by Gasteiger charge is 2.46. The van der Waals surface area contributed by atoms with Gasteiger partial charge in [0, 0.05) is 32.1 Å². The van der Waals surface area contributed by atoms with Crippen LogP contribution in [0.25, 0.3) is 0 Å². The van der Waals surface area contributed by atoms with Crippen LogP contribution in [0, 0.1) is 17.7 Å². The maximum atomic E-state index is 13.1. The first-order chi connectivity index (χ1) is 12.6. The number of ether oxygens (including phenoxy) is 1. The normalized spacial score (nSPS) is 28.7. The van der Waals surface area contributed by atoms with Crippen LogP contribution in [0.1, 0.15) is 30.7 Å². The van der Waals surface area contributed by atoms with E-state index in [1.54, 1.807) is 12.1 Å². The molecule has 3 atom stereocenters. The van der Waals surface area contributed by atoms with Crippen LogP contribution < -0.4 is 0 Å². The Balaban J connectivity index is 1.35. The van der Waals surface area contributed by atoms with E-state index in [4.69, 9.17) is 4.74 Å². The summed E-state index contributed by atoms with van der Waals surface area (Å²) in [6.45, 7) is 3.77. The van der Waals surface area contributed by atoms with E-state index >= 15 is 0 Å². The van der Waals surface area contributed by atoms with Gasteiger partial charge in [0.1, 0.15) is 5.82 Å². The number of likely N-dealkylation sites (tertiary alicyclic amines) is 1. The summed E-state index contributed by atoms with van der Waals surface area (Å²) in [6, 6.07) is 6.45. The third-order valence-electron chi connectivity index (χ3n) is 5.81. The topological polar surface area (TPSA) is 49.9 Å². The highest BCUT2D eigenvalue weighted by atomic mass is 19.1. The number of halogens is 1. The Morgan fingerprint density at radius 3 is 2.46 bits per heavy atom. The smallest absolute Gasteiger partial charge is 0.227 e. The third-order valence-corrected chi connectivity index (χ3v) is 5.81. The molecular weight excluding hydrogens is 335 g/mol. The summed E-state index contributed by atoms with van der Waals surface area (Å²) < 4.78 is 18.4. The van der Waals surface area contributed by atoms with E-state index in [1.165, 1.54) is 12.1 Å². The number of rotatable bonds is 3. The molecule has 2 heterocycles. The fraction of sp³-hybridized carbons (Fsp3) is 0.600. The van der Waals surface area contributed by atoms with Crippen molar-refractivity contribution < 1.29 is 18.7 Å². The summed E-state index contributed by atoms with van der Waals surface area (Å²) in [5, 5.41) is 0. The molecule has 2 saturated heterocycles. The first-order valence-electron chi connectivity index (χ1n) is 9.54. The van der Waals surface area contributed by atoms with E-state index in [-0.39, 0.29) is 35.4 Å². The molecule has 1 aromatic rings. The monoisotopic (exact) mass is 360 g/mol. The van der Waals surface area contributed by atoms with E-state index in [0.29, 0.717) is 32.8 Å². The summed E-state index contributed by atoms with van der Waals surface area (Å²) in [5.41, 5.74) is 1.03. The molecule has 3 aliphatic rings. The van der Waals surface area contributed by atoms with Crippen molar-refractivity contribution in [1.29, 1.82) is 0 Å². The van der Waals surface area contributed by atoms with Gasteiger partial charge in [0.15, 0.2) is 0 Å². The molecule has 1 saturated carbocycles. The molecular formula is C20H25FN2O3. The molecule has 0 aromatic heterocycles. The van der Waals surface area contributed by atoms with Gasteiger partial charge < -0.3 is 14.5 Å². The number of piperidine rings is 1. The molecule has 6 heteroatoms.